The van der Waals surface area contributed by atoms with Crippen LogP contribution in [0, 0.1) is 20.8 Å². The highest BCUT2D eigenvalue weighted by Gasteiger charge is 2.09. The summed E-state index contributed by atoms with van der Waals surface area (Å²) < 4.78 is 4.77. The normalized spacial score (nSPS) is 10.8. The number of nitrogens with zero attached hydrogens (tertiary/aromatic N) is 2. The minimum atomic E-state index is -0.328. The maximum absolute atomic E-state index is 11.6. The number of aryl methyl sites for hydroxylation is 3. The number of aliphatic imine (C=N–C) groups is 1. The predicted octanol–water partition coefficient (Wildman–Crippen LogP) is 4.75. The van der Waals surface area contributed by atoms with Gasteiger partial charge in [-0.2, -0.15) is 0 Å². The molecule has 5 nitrogen and oxygen atoms in total. The Labute approximate surface area is 155 Å². The molecule has 0 bridgehead atoms. The molecule has 26 heavy (non-hydrogen) atoms. The van der Waals surface area contributed by atoms with E-state index in [0.29, 0.717) is 5.56 Å². The minimum Gasteiger partial charge on any atom is -0.465 e. The summed E-state index contributed by atoms with van der Waals surface area (Å²) in [6.07, 6.45) is 1.85. The van der Waals surface area contributed by atoms with E-state index in [2.05, 4.69) is 43.2 Å². The zero-order valence-corrected chi connectivity index (χ0v) is 16.4. The molecule has 138 valence electrons. The smallest absolute Gasteiger partial charge is 0.337 e. The van der Waals surface area contributed by atoms with Crippen molar-refractivity contribution in [3.05, 3.63) is 52.6 Å². The van der Waals surface area contributed by atoms with E-state index < -0.39 is 0 Å². The summed E-state index contributed by atoms with van der Waals surface area (Å²) >= 11 is 0. The number of nitrogens with one attached hydrogen (secondary N) is 1. The van der Waals surface area contributed by atoms with Crippen molar-refractivity contribution in [2.45, 2.75) is 27.7 Å². The van der Waals surface area contributed by atoms with Crippen LogP contribution in [0.1, 0.15) is 34.0 Å². The Balaban J connectivity index is 2.26. The first-order chi connectivity index (χ1) is 12.3. The molecule has 2 rings (SSSR count). The highest BCUT2D eigenvalue weighted by Crippen LogP contribution is 2.30. The molecule has 0 radical (unpaired) electrons. The highest BCUT2D eigenvalue weighted by molar-refractivity contribution is 5.90. The number of hydrogen-bond donors (Lipinski definition) is 1. The van der Waals surface area contributed by atoms with Crippen LogP contribution in [0.25, 0.3) is 0 Å². The van der Waals surface area contributed by atoms with E-state index in [1.54, 1.807) is 6.07 Å². The Morgan fingerprint density at radius 3 is 2.42 bits per heavy atom. The van der Waals surface area contributed by atoms with Crippen LogP contribution in [-0.2, 0) is 4.74 Å². The minimum absolute atomic E-state index is 0.328. The van der Waals surface area contributed by atoms with Crippen molar-refractivity contribution < 1.29 is 9.53 Å². The molecular formula is C21H27N3O2. The molecule has 0 spiro atoms. The van der Waals surface area contributed by atoms with Crippen LogP contribution in [0.15, 0.2) is 35.3 Å². The molecule has 0 fully saturated rings. The third-order valence-electron chi connectivity index (χ3n) is 4.35. The second-order valence-corrected chi connectivity index (χ2v) is 6.42. The van der Waals surface area contributed by atoms with Crippen molar-refractivity contribution in [1.82, 2.24) is 4.90 Å². The highest BCUT2D eigenvalue weighted by atomic mass is 16.5. The fraction of sp³-hybridized carbons (Fsp3) is 0.333. The molecule has 0 aliphatic rings. The van der Waals surface area contributed by atoms with Gasteiger partial charge in [-0.3, -0.25) is 0 Å². The zero-order chi connectivity index (χ0) is 19.3. The molecule has 0 amide bonds. The SMILES string of the molecule is CCN(C)/C=N/c1cc(C)c(Nc2ccc(C(=O)OC)cc2C)cc1C. The van der Waals surface area contributed by atoms with Gasteiger partial charge in [0.25, 0.3) is 0 Å². The summed E-state index contributed by atoms with van der Waals surface area (Å²) in [5.74, 6) is -0.328. The Bertz CT molecular complexity index is 828. The number of anilines is 2. The van der Waals surface area contributed by atoms with Crippen LogP contribution in [-0.4, -0.2) is 37.9 Å². The van der Waals surface area contributed by atoms with Gasteiger partial charge < -0.3 is 15.0 Å². The Hall–Kier alpha value is -2.82. The van der Waals surface area contributed by atoms with E-state index in [4.69, 9.17) is 4.74 Å². The molecule has 0 unspecified atom stereocenters. The van der Waals surface area contributed by atoms with Gasteiger partial charge in [-0.25, -0.2) is 9.79 Å². The molecule has 0 atom stereocenters. The lowest BCUT2D eigenvalue weighted by Gasteiger charge is -2.15. The van der Waals surface area contributed by atoms with E-state index in [1.807, 2.05) is 37.3 Å². The number of ether oxygens (including phenoxy) is 1. The molecule has 2 aromatic rings. The van der Waals surface area contributed by atoms with Crippen molar-refractivity contribution in [1.29, 1.82) is 0 Å². The van der Waals surface area contributed by atoms with Gasteiger partial charge in [-0.15, -0.1) is 0 Å². The van der Waals surface area contributed by atoms with Crippen molar-refractivity contribution >= 4 is 29.4 Å². The third-order valence-corrected chi connectivity index (χ3v) is 4.35. The van der Waals surface area contributed by atoms with Gasteiger partial charge in [0.2, 0.25) is 0 Å². The van der Waals surface area contributed by atoms with Crippen molar-refractivity contribution in [3.63, 3.8) is 0 Å². The zero-order valence-electron chi connectivity index (χ0n) is 16.4. The number of carbonyl (C=O) groups is 1. The number of rotatable bonds is 6. The quantitative estimate of drug-likeness (QED) is 0.462. The third kappa shape index (κ3) is 4.63. The second kappa shape index (κ2) is 8.52. The summed E-state index contributed by atoms with van der Waals surface area (Å²) in [6, 6.07) is 9.67. The van der Waals surface area contributed by atoms with Gasteiger partial charge in [0.05, 0.1) is 24.7 Å². The van der Waals surface area contributed by atoms with Gasteiger partial charge in [0, 0.05) is 25.0 Å². The van der Waals surface area contributed by atoms with Crippen molar-refractivity contribution in [2.24, 2.45) is 4.99 Å². The monoisotopic (exact) mass is 353 g/mol. The molecule has 5 heteroatoms. The number of esters is 1. The standard InChI is InChI=1S/C21H27N3O2/c1-7-24(5)13-22-19-11-16(4)20(12-15(19)3)23-18-9-8-17(10-14(18)2)21(25)26-6/h8-13,23H,7H2,1-6H3/b22-13+. The van der Waals surface area contributed by atoms with E-state index in [9.17, 15) is 4.79 Å². The molecule has 0 saturated carbocycles. The molecule has 0 saturated heterocycles. The molecule has 0 aromatic heterocycles. The largest absolute Gasteiger partial charge is 0.465 e. The van der Waals surface area contributed by atoms with Gasteiger partial charge in [-0.1, -0.05) is 0 Å². The molecular weight excluding hydrogens is 326 g/mol. The van der Waals surface area contributed by atoms with Gasteiger partial charge in [-0.05, 0) is 74.7 Å². The lowest BCUT2D eigenvalue weighted by molar-refractivity contribution is 0.0600. The van der Waals surface area contributed by atoms with Crippen LogP contribution in [0.4, 0.5) is 17.1 Å². The molecule has 0 heterocycles. The van der Waals surface area contributed by atoms with E-state index >= 15 is 0 Å². The first kappa shape index (κ1) is 19.5. The average molecular weight is 353 g/mol. The van der Waals surface area contributed by atoms with Crippen LogP contribution in [0.2, 0.25) is 0 Å². The van der Waals surface area contributed by atoms with Gasteiger partial charge in [0.15, 0.2) is 0 Å². The predicted molar refractivity (Wildman–Crippen MR) is 108 cm³/mol. The first-order valence-corrected chi connectivity index (χ1v) is 8.67. The fourth-order valence-electron chi connectivity index (χ4n) is 2.51. The van der Waals surface area contributed by atoms with E-state index in [-0.39, 0.29) is 5.97 Å². The summed E-state index contributed by atoms with van der Waals surface area (Å²) in [6.45, 7) is 9.09. The average Bonchev–Trinajstić information content (AvgIpc) is 2.63. The van der Waals surface area contributed by atoms with Crippen molar-refractivity contribution in [3.8, 4) is 0 Å². The van der Waals surface area contributed by atoms with Crippen LogP contribution >= 0.6 is 0 Å². The molecule has 2 aromatic carbocycles. The summed E-state index contributed by atoms with van der Waals surface area (Å²) in [7, 11) is 3.39. The Morgan fingerprint density at radius 1 is 1.12 bits per heavy atom. The van der Waals surface area contributed by atoms with Crippen LogP contribution < -0.4 is 5.32 Å². The second-order valence-electron chi connectivity index (χ2n) is 6.42. The maximum atomic E-state index is 11.6. The fourth-order valence-corrected chi connectivity index (χ4v) is 2.51. The molecule has 1 N–H and O–H groups in total. The summed E-state index contributed by atoms with van der Waals surface area (Å²) in [5.41, 5.74) is 6.69. The summed E-state index contributed by atoms with van der Waals surface area (Å²) in [5, 5.41) is 3.45. The van der Waals surface area contributed by atoms with E-state index in [1.165, 1.54) is 7.11 Å². The van der Waals surface area contributed by atoms with Gasteiger partial charge >= 0.3 is 5.97 Å². The molecule has 0 aliphatic heterocycles. The topological polar surface area (TPSA) is 53.9 Å². The number of benzene rings is 2. The maximum Gasteiger partial charge on any atom is 0.337 e. The number of methoxy groups -OCH3 is 1. The molecule has 0 aliphatic carbocycles. The lowest BCUT2D eigenvalue weighted by atomic mass is 10.1. The van der Waals surface area contributed by atoms with E-state index in [0.717, 1.165) is 40.3 Å². The number of hydrogen-bond acceptors (Lipinski definition) is 4. The number of carbonyl (C=O) groups excluding carboxylic acids is 1. The lowest BCUT2D eigenvalue weighted by Crippen LogP contribution is -2.14. The Morgan fingerprint density at radius 2 is 1.81 bits per heavy atom. The van der Waals surface area contributed by atoms with Gasteiger partial charge in [0.1, 0.15) is 0 Å². The van der Waals surface area contributed by atoms with Crippen LogP contribution in [0.3, 0.4) is 0 Å². The van der Waals surface area contributed by atoms with Crippen LogP contribution in [0.5, 0.6) is 0 Å². The summed E-state index contributed by atoms with van der Waals surface area (Å²) in [4.78, 5) is 18.2. The first-order valence-electron chi connectivity index (χ1n) is 8.67. The van der Waals surface area contributed by atoms with Crippen molar-refractivity contribution in [2.75, 3.05) is 26.0 Å². The Kier molecular flexibility index (Phi) is 6.39.